The molecule has 0 aromatic heterocycles. The van der Waals surface area contributed by atoms with Crippen molar-refractivity contribution in [3.05, 3.63) is 12.8 Å². The zero-order valence-corrected chi connectivity index (χ0v) is 7.25. The molecule has 0 rings (SSSR count). The van der Waals surface area contributed by atoms with Crippen LogP contribution in [0, 0.1) is 0 Å². The normalized spacial score (nSPS) is 9.18. The van der Waals surface area contributed by atoms with E-state index in [9.17, 15) is 4.79 Å². The van der Waals surface area contributed by atoms with Crippen LogP contribution in [0.3, 0.4) is 0 Å². The molecule has 0 atom stereocenters. The van der Waals surface area contributed by atoms with Gasteiger partial charge in [-0.1, -0.05) is 13.0 Å². The Balaban J connectivity index is 3.01. The molecule has 0 saturated carbocycles. The third kappa shape index (κ3) is 7.10. The van der Waals surface area contributed by atoms with Crippen LogP contribution in [0.1, 0.15) is 25.7 Å². The molecule has 0 spiro atoms. The Morgan fingerprint density at radius 3 is 2.64 bits per heavy atom. The van der Waals surface area contributed by atoms with Crippen LogP contribution in [-0.2, 0) is 4.79 Å². The summed E-state index contributed by atoms with van der Waals surface area (Å²) in [6.45, 7) is 4.69. The minimum Gasteiger partial charge on any atom is -0.381 e. The van der Waals surface area contributed by atoms with Gasteiger partial charge in [0, 0.05) is 20.0 Å². The molecule has 11 heavy (non-hydrogen) atoms. The second-order valence-electron chi connectivity index (χ2n) is 2.68. The fourth-order valence-electron chi connectivity index (χ4n) is 0.857. The summed E-state index contributed by atoms with van der Waals surface area (Å²) in [6, 6.07) is 0. The summed E-state index contributed by atoms with van der Waals surface area (Å²) >= 11 is 0. The predicted octanol–water partition coefficient (Wildman–Crippen LogP) is 1.82. The molecule has 2 heteroatoms. The molecule has 2 nitrogen and oxygen atoms in total. The van der Waals surface area contributed by atoms with Crippen LogP contribution in [0.15, 0.2) is 12.8 Å². The Morgan fingerprint density at radius 1 is 1.36 bits per heavy atom. The van der Waals surface area contributed by atoms with Crippen molar-refractivity contribution in [3.8, 4) is 0 Å². The molecule has 0 bridgehead atoms. The zero-order valence-electron chi connectivity index (χ0n) is 7.25. The van der Waals surface area contributed by atoms with Crippen molar-refractivity contribution in [2.24, 2.45) is 0 Å². The van der Waals surface area contributed by atoms with Gasteiger partial charge in [0.05, 0.1) is 0 Å². The van der Waals surface area contributed by atoms with Gasteiger partial charge < -0.3 is 9.69 Å². The molecule has 0 fully saturated rings. The molecule has 0 radical (unpaired) electrons. The number of carbonyl (C=O) groups excluding carboxylic acids is 1. The summed E-state index contributed by atoms with van der Waals surface area (Å²) in [4.78, 5) is 12.0. The standard InChI is InChI=1S/C9H17NO/c1-3-10(2)8-6-4-5-7-9-11/h3,9H,1,4-8H2,2H3. The zero-order chi connectivity index (χ0) is 8.53. The van der Waals surface area contributed by atoms with Gasteiger partial charge in [-0.15, -0.1) is 0 Å². The van der Waals surface area contributed by atoms with E-state index in [0.717, 1.165) is 32.1 Å². The Kier molecular flexibility index (Phi) is 6.79. The van der Waals surface area contributed by atoms with Crippen molar-refractivity contribution in [1.82, 2.24) is 4.90 Å². The van der Waals surface area contributed by atoms with Crippen LogP contribution in [0.2, 0.25) is 0 Å². The first-order chi connectivity index (χ1) is 5.31. The quantitative estimate of drug-likeness (QED) is 0.413. The molecule has 64 valence electrons. The lowest BCUT2D eigenvalue weighted by molar-refractivity contribution is -0.107. The highest BCUT2D eigenvalue weighted by Gasteiger charge is 1.90. The first kappa shape index (κ1) is 10.2. The van der Waals surface area contributed by atoms with Crippen LogP contribution in [0.4, 0.5) is 0 Å². The number of hydrogen-bond acceptors (Lipinski definition) is 2. The number of rotatable bonds is 7. The Morgan fingerprint density at radius 2 is 2.09 bits per heavy atom. The maximum Gasteiger partial charge on any atom is 0.119 e. The smallest absolute Gasteiger partial charge is 0.119 e. The van der Waals surface area contributed by atoms with Gasteiger partial charge in [-0.3, -0.25) is 0 Å². The molecule has 0 amide bonds. The lowest BCUT2D eigenvalue weighted by Crippen LogP contribution is -2.11. The minimum atomic E-state index is 0.706. The minimum absolute atomic E-state index is 0.706. The topological polar surface area (TPSA) is 20.3 Å². The van der Waals surface area contributed by atoms with Crippen LogP contribution in [-0.4, -0.2) is 24.8 Å². The second kappa shape index (κ2) is 7.32. The number of hydrogen-bond donors (Lipinski definition) is 0. The van der Waals surface area contributed by atoms with E-state index < -0.39 is 0 Å². The summed E-state index contributed by atoms with van der Waals surface area (Å²) in [5.41, 5.74) is 0. The van der Waals surface area contributed by atoms with Gasteiger partial charge in [-0.05, 0) is 19.0 Å². The molecule has 0 N–H and O–H groups in total. The van der Waals surface area contributed by atoms with Crippen molar-refractivity contribution in [3.63, 3.8) is 0 Å². The van der Waals surface area contributed by atoms with Crippen LogP contribution >= 0.6 is 0 Å². The molecule has 0 aliphatic heterocycles. The highest BCUT2D eigenvalue weighted by atomic mass is 16.1. The van der Waals surface area contributed by atoms with Gasteiger partial charge in [0.25, 0.3) is 0 Å². The van der Waals surface area contributed by atoms with Crippen LogP contribution < -0.4 is 0 Å². The maximum absolute atomic E-state index is 9.93. The van der Waals surface area contributed by atoms with Crippen LogP contribution in [0.25, 0.3) is 0 Å². The summed E-state index contributed by atoms with van der Waals surface area (Å²) in [5.74, 6) is 0. The van der Waals surface area contributed by atoms with E-state index in [1.165, 1.54) is 0 Å². The predicted molar refractivity (Wildman–Crippen MR) is 47.4 cm³/mol. The fraction of sp³-hybridized carbons (Fsp3) is 0.667. The summed E-state index contributed by atoms with van der Waals surface area (Å²) in [6.07, 6.45) is 6.82. The van der Waals surface area contributed by atoms with Crippen LogP contribution in [0.5, 0.6) is 0 Å². The highest BCUT2D eigenvalue weighted by molar-refractivity contribution is 5.48. The first-order valence-electron chi connectivity index (χ1n) is 4.07. The summed E-state index contributed by atoms with van der Waals surface area (Å²) < 4.78 is 0. The fourth-order valence-corrected chi connectivity index (χ4v) is 0.857. The third-order valence-electron chi connectivity index (χ3n) is 1.64. The van der Waals surface area contributed by atoms with E-state index in [4.69, 9.17) is 0 Å². The molecule has 0 aliphatic rings. The molecule has 0 aliphatic carbocycles. The highest BCUT2D eigenvalue weighted by Crippen LogP contribution is 1.98. The van der Waals surface area contributed by atoms with E-state index in [2.05, 4.69) is 11.5 Å². The third-order valence-corrected chi connectivity index (χ3v) is 1.64. The van der Waals surface area contributed by atoms with E-state index in [1.54, 1.807) is 0 Å². The van der Waals surface area contributed by atoms with Gasteiger partial charge in [0.2, 0.25) is 0 Å². The Bertz CT molecular complexity index is 112. The molecular weight excluding hydrogens is 138 g/mol. The molecule has 0 heterocycles. The average molecular weight is 155 g/mol. The monoisotopic (exact) mass is 155 g/mol. The summed E-state index contributed by atoms with van der Waals surface area (Å²) in [7, 11) is 2.01. The van der Waals surface area contributed by atoms with E-state index in [1.807, 2.05) is 13.2 Å². The lowest BCUT2D eigenvalue weighted by Gasteiger charge is -2.11. The Labute approximate surface area is 68.9 Å². The van der Waals surface area contributed by atoms with Gasteiger partial charge >= 0.3 is 0 Å². The van der Waals surface area contributed by atoms with Gasteiger partial charge in [0.15, 0.2) is 0 Å². The number of carbonyl (C=O) groups is 1. The first-order valence-corrected chi connectivity index (χ1v) is 4.07. The average Bonchev–Trinajstić information content (AvgIpc) is 2.04. The molecule has 0 unspecified atom stereocenters. The SMILES string of the molecule is C=CN(C)CCCCCC=O. The largest absolute Gasteiger partial charge is 0.381 e. The van der Waals surface area contributed by atoms with Crippen molar-refractivity contribution in [1.29, 1.82) is 0 Å². The summed E-state index contributed by atoms with van der Waals surface area (Å²) in [5, 5.41) is 0. The van der Waals surface area contributed by atoms with E-state index in [-0.39, 0.29) is 0 Å². The second-order valence-corrected chi connectivity index (χ2v) is 2.68. The number of unbranched alkanes of at least 4 members (excludes halogenated alkanes) is 3. The number of nitrogens with zero attached hydrogens (tertiary/aromatic N) is 1. The van der Waals surface area contributed by atoms with Gasteiger partial charge in [0.1, 0.15) is 6.29 Å². The maximum atomic E-state index is 9.93. The lowest BCUT2D eigenvalue weighted by atomic mass is 10.2. The van der Waals surface area contributed by atoms with Gasteiger partial charge in [-0.25, -0.2) is 0 Å². The number of aldehydes is 1. The van der Waals surface area contributed by atoms with Crippen molar-refractivity contribution >= 4 is 6.29 Å². The molecular formula is C9H17NO. The van der Waals surface area contributed by atoms with Crippen molar-refractivity contribution in [2.45, 2.75) is 25.7 Å². The molecule has 0 saturated heterocycles. The molecule has 0 aromatic rings. The van der Waals surface area contributed by atoms with Gasteiger partial charge in [-0.2, -0.15) is 0 Å². The van der Waals surface area contributed by atoms with E-state index in [0.29, 0.717) is 6.42 Å². The molecule has 0 aromatic carbocycles. The Hall–Kier alpha value is -0.790. The van der Waals surface area contributed by atoms with E-state index >= 15 is 0 Å². The van der Waals surface area contributed by atoms with Crippen molar-refractivity contribution < 1.29 is 4.79 Å². The van der Waals surface area contributed by atoms with Crippen molar-refractivity contribution in [2.75, 3.05) is 13.6 Å².